The zero-order chi connectivity index (χ0) is 30.8. The fourth-order valence-electron chi connectivity index (χ4n) is 4.32. The van der Waals surface area contributed by atoms with Gasteiger partial charge in [-0.15, -0.1) is 0 Å². The molecular weight excluding hydrogens is 524 g/mol. The third kappa shape index (κ3) is 30.8. The van der Waals surface area contributed by atoms with E-state index in [0.717, 1.165) is 89.9 Å². The molecule has 0 aromatic carbocycles. The van der Waals surface area contributed by atoms with Crippen LogP contribution in [-0.4, -0.2) is 37.9 Å². The van der Waals surface area contributed by atoms with Crippen LogP contribution in [0.15, 0.2) is 48.6 Å². The van der Waals surface area contributed by atoms with E-state index in [4.69, 9.17) is 14.2 Å². The Bertz CT molecular complexity index is 722. The first-order chi connectivity index (χ1) is 20.6. The Labute approximate surface area is 259 Å². The van der Waals surface area contributed by atoms with Gasteiger partial charge in [-0.3, -0.25) is 9.59 Å². The Kier molecular flexibility index (Phi) is 31.7. The van der Waals surface area contributed by atoms with Gasteiger partial charge in [0.05, 0.1) is 6.61 Å². The second kappa shape index (κ2) is 33.4. The van der Waals surface area contributed by atoms with E-state index in [1.54, 1.807) is 0 Å². The van der Waals surface area contributed by atoms with E-state index in [2.05, 4.69) is 69.4 Å². The molecule has 0 aliphatic heterocycles. The minimum absolute atomic E-state index is 0.0706. The molecule has 0 saturated heterocycles. The Morgan fingerprint density at radius 3 is 1.67 bits per heavy atom. The molecule has 0 saturated carbocycles. The Balaban J connectivity index is 4.13. The molecule has 0 aromatic rings. The lowest BCUT2D eigenvalue weighted by Gasteiger charge is -2.18. The van der Waals surface area contributed by atoms with E-state index in [1.165, 1.54) is 25.7 Å². The molecule has 1 atom stereocenters. The Hall–Kier alpha value is -2.14. The van der Waals surface area contributed by atoms with Crippen molar-refractivity contribution in [2.45, 2.75) is 155 Å². The van der Waals surface area contributed by atoms with Gasteiger partial charge in [0.25, 0.3) is 0 Å². The molecule has 42 heavy (non-hydrogen) atoms. The van der Waals surface area contributed by atoms with Crippen molar-refractivity contribution in [3.05, 3.63) is 48.6 Å². The fraction of sp³-hybridized carbons (Fsp3) is 0.730. The molecule has 0 fully saturated rings. The molecule has 5 nitrogen and oxygen atoms in total. The molecule has 242 valence electrons. The maximum absolute atomic E-state index is 12.4. The smallest absolute Gasteiger partial charge is 0.306 e. The van der Waals surface area contributed by atoms with Gasteiger partial charge in [-0.2, -0.15) is 0 Å². The minimum Gasteiger partial charge on any atom is -0.462 e. The average molecular weight is 589 g/mol. The summed E-state index contributed by atoms with van der Waals surface area (Å²) in [6.07, 6.45) is 37.2. The van der Waals surface area contributed by atoms with Crippen molar-refractivity contribution in [3.8, 4) is 0 Å². The average Bonchev–Trinajstić information content (AvgIpc) is 2.98. The summed E-state index contributed by atoms with van der Waals surface area (Å²) in [6, 6.07) is 0. The maximum atomic E-state index is 12.4. The Morgan fingerprint density at radius 1 is 0.548 bits per heavy atom. The highest BCUT2D eigenvalue weighted by Crippen LogP contribution is 2.10. The van der Waals surface area contributed by atoms with Gasteiger partial charge >= 0.3 is 11.9 Å². The zero-order valence-electron chi connectivity index (χ0n) is 27.5. The van der Waals surface area contributed by atoms with E-state index in [9.17, 15) is 9.59 Å². The summed E-state index contributed by atoms with van der Waals surface area (Å²) in [5.74, 6) is -0.448. The number of rotatable bonds is 30. The van der Waals surface area contributed by atoms with Crippen molar-refractivity contribution in [1.29, 1.82) is 0 Å². The first-order valence-electron chi connectivity index (χ1n) is 17.2. The lowest BCUT2D eigenvalue weighted by molar-refractivity contribution is -0.163. The molecule has 1 unspecified atom stereocenters. The van der Waals surface area contributed by atoms with Gasteiger partial charge in [-0.25, -0.2) is 0 Å². The standard InChI is InChI=1S/C37H64O5/c1-4-7-10-13-14-15-16-17-18-19-20-21-22-23-26-29-32-40-33-35(42-37(39)31-28-25-12-9-6-3)34-41-36(38)30-27-24-11-8-5-2/h7,10,14-15,17-18,20-21,35H,4-6,8-9,11-13,16,19,22-34H2,1-3H3/b10-7-,15-14-,18-17-,21-20-. The first-order valence-corrected chi connectivity index (χ1v) is 17.2. The number of esters is 2. The first kappa shape index (κ1) is 39.9. The van der Waals surface area contributed by atoms with Gasteiger partial charge in [0.1, 0.15) is 6.61 Å². The summed E-state index contributed by atoms with van der Waals surface area (Å²) in [5.41, 5.74) is 0. The quantitative estimate of drug-likeness (QED) is 0.0474. The van der Waals surface area contributed by atoms with Crippen LogP contribution in [0, 0.1) is 0 Å². The highest BCUT2D eigenvalue weighted by Gasteiger charge is 2.17. The minimum atomic E-state index is -0.540. The third-order valence-corrected chi connectivity index (χ3v) is 6.88. The summed E-state index contributed by atoms with van der Waals surface area (Å²) in [5, 5.41) is 0. The highest BCUT2D eigenvalue weighted by molar-refractivity contribution is 5.70. The van der Waals surface area contributed by atoms with Gasteiger partial charge in [-0.1, -0.05) is 127 Å². The van der Waals surface area contributed by atoms with Crippen molar-refractivity contribution in [2.24, 2.45) is 0 Å². The fourth-order valence-corrected chi connectivity index (χ4v) is 4.32. The number of unbranched alkanes of at least 4 members (excludes halogenated alkanes) is 11. The van der Waals surface area contributed by atoms with Gasteiger partial charge in [0.2, 0.25) is 0 Å². The van der Waals surface area contributed by atoms with E-state index >= 15 is 0 Å². The van der Waals surface area contributed by atoms with Gasteiger partial charge < -0.3 is 14.2 Å². The van der Waals surface area contributed by atoms with Crippen molar-refractivity contribution in [1.82, 2.24) is 0 Å². The number of ether oxygens (including phenoxy) is 3. The van der Waals surface area contributed by atoms with Crippen LogP contribution in [0.3, 0.4) is 0 Å². The van der Waals surface area contributed by atoms with Crippen LogP contribution in [0.25, 0.3) is 0 Å². The summed E-state index contributed by atoms with van der Waals surface area (Å²) in [4.78, 5) is 24.5. The highest BCUT2D eigenvalue weighted by atomic mass is 16.6. The molecule has 0 aromatic heterocycles. The molecule has 0 bridgehead atoms. The SMILES string of the molecule is CC/C=C\C/C=C\C/C=C\C/C=C\CCCCCOCC(COC(=O)CCCCCCC)OC(=O)CCCCCCC. The van der Waals surface area contributed by atoms with E-state index in [1.807, 2.05) is 0 Å². The van der Waals surface area contributed by atoms with Crippen molar-refractivity contribution in [2.75, 3.05) is 19.8 Å². The number of carbonyl (C=O) groups excluding carboxylic acids is 2. The molecule has 0 heterocycles. The van der Waals surface area contributed by atoms with Crippen molar-refractivity contribution in [3.63, 3.8) is 0 Å². The predicted molar refractivity (Wildman–Crippen MR) is 178 cm³/mol. The molecule has 0 aliphatic carbocycles. The molecule has 0 N–H and O–H groups in total. The number of hydrogen-bond donors (Lipinski definition) is 0. The zero-order valence-corrected chi connectivity index (χ0v) is 27.5. The lowest BCUT2D eigenvalue weighted by Crippen LogP contribution is -2.30. The maximum Gasteiger partial charge on any atom is 0.306 e. The molecule has 0 spiro atoms. The van der Waals surface area contributed by atoms with Crippen molar-refractivity contribution < 1.29 is 23.8 Å². The molecular formula is C37H64O5. The Morgan fingerprint density at radius 2 is 1.07 bits per heavy atom. The van der Waals surface area contributed by atoms with Crippen LogP contribution in [0.1, 0.15) is 149 Å². The number of carbonyl (C=O) groups is 2. The van der Waals surface area contributed by atoms with Crippen LogP contribution < -0.4 is 0 Å². The van der Waals surface area contributed by atoms with Crippen LogP contribution in [0.4, 0.5) is 0 Å². The molecule has 5 heteroatoms. The van der Waals surface area contributed by atoms with E-state index in [0.29, 0.717) is 19.4 Å². The lowest BCUT2D eigenvalue weighted by atomic mass is 10.1. The number of hydrogen-bond acceptors (Lipinski definition) is 5. The van der Waals surface area contributed by atoms with Gasteiger partial charge in [-0.05, 0) is 57.8 Å². The second-order valence-electron chi connectivity index (χ2n) is 11.0. The van der Waals surface area contributed by atoms with Crippen molar-refractivity contribution >= 4 is 11.9 Å². The van der Waals surface area contributed by atoms with Gasteiger partial charge in [0, 0.05) is 19.4 Å². The van der Waals surface area contributed by atoms with Crippen LogP contribution >= 0.6 is 0 Å². The summed E-state index contributed by atoms with van der Waals surface area (Å²) < 4.78 is 16.9. The second-order valence-corrected chi connectivity index (χ2v) is 11.0. The summed E-state index contributed by atoms with van der Waals surface area (Å²) >= 11 is 0. The molecule has 0 rings (SSSR count). The van der Waals surface area contributed by atoms with Gasteiger partial charge in [0.15, 0.2) is 6.10 Å². The van der Waals surface area contributed by atoms with E-state index < -0.39 is 6.10 Å². The topological polar surface area (TPSA) is 61.8 Å². The molecule has 0 amide bonds. The van der Waals surface area contributed by atoms with Crippen LogP contribution in [0.5, 0.6) is 0 Å². The monoisotopic (exact) mass is 588 g/mol. The predicted octanol–water partition coefficient (Wildman–Crippen LogP) is 10.5. The number of allylic oxidation sites excluding steroid dienone is 8. The normalized spacial score (nSPS) is 12.7. The third-order valence-electron chi connectivity index (χ3n) is 6.88. The van der Waals surface area contributed by atoms with Crippen LogP contribution in [-0.2, 0) is 23.8 Å². The molecule has 0 aliphatic rings. The summed E-state index contributed by atoms with van der Waals surface area (Å²) in [6.45, 7) is 7.46. The summed E-state index contributed by atoms with van der Waals surface area (Å²) in [7, 11) is 0. The largest absolute Gasteiger partial charge is 0.462 e. The van der Waals surface area contributed by atoms with E-state index in [-0.39, 0.29) is 25.2 Å². The van der Waals surface area contributed by atoms with Crippen LogP contribution in [0.2, 0.25) is 0 Å². The molecule has 0 radical (unpaired) electrons.